The molecule has 0 saturated carbocycles. The van der Waals surface area contributed by atoms with Crippen LogP contribution in [0.3, 0.4) is 0 Å². The maximum Gasteiger partial charge on any atom is 0.338 e. The second-order valence-corrected chi connectivity index (χ2v) is 8.88. The smallest absolute Gasteiger partial charge is 0.338 e. The lowest BCUT2D eigenvalue weighted by Crippen LogP contribution is -2.26. The van der Waals surface area contributed by atoms with E-state index in [1.54, 1.807) is 32.0 Å². The highest BCUT2D eigenvalue weighted by atomic mass is 32.2. The van der Waals surface area contributed by atoms with Crippen molar-refractivity contribution >= 4 is 45.0 Å². The Balaban J connectivity index is 1.86. The van der Waals surface area contributed by atoms with E-state index < -0.39 is 16.0 Å². The van der Waals surface area contributed by atoms with E-state index in [1.165, 1.54) is 36.0 Å². The lowest BCUT2D eigenvalue weighted by Gasteiger charge is -2.22. The highest BCUT2D eigenvalue weighted by Crippen LogP contribution is 2.37. The van der Waals surface area contributed by atoms with Crippen LogP contribution in [0.4, 0.5) is 11.4 Å². The minimum absolute atomic E-state index is 0.0123. The summed E-state index contributed by atoms with van der Waals surface area (Å²) in [5.74, 6) is -0.696. The molecule has 1 aliphatic heterocycles. The molecule has 2 aromatic carbocycles. The third-order valence-corrected chi connectivity index (χ3v) is 6.37. The van der Waals surface area contributed by atoms with Gasteiger partial charge in [-0.05, 0) is 50.2 Å². The number of rotatable bonds is 5. The molecule has 1 unspecified atom stereocenters. The van der Waals surface area contributed by atoms with E-state index in [0.29, 0.717) is 5.69 Å². The molecule has 1 aliphatic rings. The average Bonchev–Trinajstić information content (AvgIpc) is 2.62. The van der Waals surface area contributed by atoms with Crippen molar-refractivity contribution in [1.82, 2.24) is 0 Å². The number of hydrogen-bond donors (Lipinski definition) is 2. The minimum atomic E-state index is -3.90. The summed E-state index contributed by atoms with van der Waals surface area (Å²) in [6, 6.07) is 10.6. The molecule has 27 heavy (non-hydrogen) atoms. The summed E-state index contributed by atoms with van der Waals surface area (Å²) in [4.78, 5) is 24.5. The van der Waals surface area contributed by atoms with Crippen molar-refractivity contribution in [3.63, 3.8) is 0 Å². The molecule has 1 amide bonds. The zero-order valence-electron chi connectivity index (χ0n) is 14.7. The fraction of sp³-hybridized carbons (Fsp3) is 0.222. The molecule has 0 bridgehead atoms. The van der Waals surface area contributed by atoms with Gasteiger partial charge >= 0.3 is 5.97 Å². The van der Waals surface area contributed by atoms with Gasteiger partial charge < -0.3 is 10.1 Å². The predicted molar refractivity (Wildman–Crippen MR) is 104 cm³/mol. The van der Waals surface area contributed by atoms with Crippen LogP contribution in [0, 0.1) is 0 Å². The summed E-state index contributed by atoms with van der Waals surface area (Å²) in [6.07, 6.45) is 0. The standard InChI is InChI=1S/C18H18N2O5S2/c1-3-25-18(22)12-5-4-6-13(9-12)20-27(23,24)14-7-8-16-15(10-14)19-17(21)11(2)26-16/h4-11,20H,3H2,1-2H3,(H,19,21). The molecule has 9 heteroatoms. The number of esters is 1. The Morgan fingerprint density at radius 1 is 1.26 bits per heavy atom. The fourth-order valence-electron chi connectivity index (χ4n) is 2.49. The number of anilines is 2. The Bertz CT molecular complexity index is 1000. The van der Waals surface area contributed by atoms with E-state index in [0.717, 1.165) is 4.90 Å². The molecule has 3 rings (SSSR count). The second-order valence-electron chi connectivity index (χ2n) is 5.81. The maximum atomic E-state index is 12.7. The van der Waals surface area contributed by atoms with Crippen LogP contribution in [0.25, 0.3) is 0 Å². The topological polar surface area (TPSA) is 102 Å². The summed E-state index contributed by atoms with van der Waals surface area (Å²) in [7, 11) is -3.90. The predicted octanol–water partition coefficient (Wildman–Crippen LogP) is 3.10. The molecule has 0 fully saturated rings. The van der Waals surface area contributed by atoms with Crippen LogP contribution >= 0.6 is 11.8 Å². The van der Waals surface area contributed by atoms with E-state index in [9.17, 15) is 18.0 Å². The van der Waals surface area contributed by atoms with Gasteiger partial charge in [-0.1, -0.05) is 6.07 Å². The molecule has 7 nitrogen and oxygen atoms in total. The number of nitrogens with one attached hydrogen (secondary N) is 2. The van der Waals surface area contributed by atoms with Crippen molar-refractivity contribution in [2.24, 2.45) is 0 Å². The van der Waals surface area contributed by atoms with E-state index in [4.69, 9.17) is 4.74 Å². The zero-order chi connectivity index (χ0) is 19.6. The number of fused-ring (bicyclic) bond motifs is 1. The second kappa shape index (κ2) is 7.61. The molecular formula is C18H18N2O5S2. The number of thioether (sulfide) groups is 1. The van der Waals surface area contributed by atoms with Gasteiger partial charge in [-0.25, -0.2) is 13.2 Å². The van der Waals surface area contributed by atoms with Crippen LogP contribution in [-0.4, -0.2) is 32.2 Å². The fourth-order valence-corrected chi connectivity index (χ4v) is 4.50. The first kappa shape index (κ1) is 19.2. The first-order chi connectivity index (χ1) is 12.8. The Hall–Kier alpha value is -2.52. The van der Waals surface area contributed by atoms with Gasteiger partial charge in [0.2, 0.25) is 5.91 Å². The van der Waals surface area contributed by atoms with Crippen LogP contribution in [-0.2, 0) is 19.6 Å². The quantitative estimate of drug-likeness (QED) is 0.740. The largest absolute Gasteiger partial charge is 0.462 e. The third kappa shape index (κ3) is 4.25. The van der Waals surface area contributed by atoms with Crippen molar-refractivity contribution in [3.05, 3.63) is 48.0 Å². The SMILES string of the molecule is CCOC(=O)c1cccc(NS(=O)(=O)c2ccc3c(c2)NC(=O)C(C)S3)c1. The van der Waals surface area contributed by atoms with Crippen molar-refractivity contribution < 1.29 is 22.7 Å². The highest BCUT2D eigenvalue weighted by molar-refractivity contribution is 8.01. The van der Waals surface area contributed by atoms with Gasteiger partial charge in [-0.3, -0.25) is 9.52 Å². The number of sulfonamides is 1. The molecule has 0 radical (unpaired) electrons. The van der Waals surface area contributed by atoms with Gasteiger partial charge in [0, 0.05) is 10.6 Å². The third-order valence-electron chi connectivity index (χ3n) is 3.82. The first-order valence-corrected chi connectivity index (χ1v) is 10.6. The van der Waals surface area contributed by atoms with E-state index in [2.05, 4.69) is 10.0 Å². The van der Waals surface area contributed by atoms with Crippen LogP contribution in [0.1, 0.15) is 24.2 Å². The van der Waals surface area contributed by atoms with Gasteiger partial charge in [0.15, 0.2) is 0 Å². The summed E-state index contributed by atoms with van der Waals surface area (Å²) < 4.78 is 32.8. The normalized spacial score (nSPS) is 16.2. The van der Waals surface area contributed by atoms with Crippen molar-refractivity contribution in [2.75, 3.05) is 16.6 Å². The van der Waals surface area contributed by atoms with Crippen LogP contribution in [0.15, 0.2) is 52.3 Å². The molecule has 0 aromatic heterocycles. The van der Waals surface area contributed by atoms with Gasteiger partial charge in [0.25, 0.3) is 10.0 Å². The number of hydrogen-bond acceptors (Lipinski definition) is 6. The Kier molecular flexibility index (Phi) is 5.43. The number of ether oxygens (including phenoxy) is 1. The number of amides is 1. The van der Waals surface area contributed by atoms with Crippen LogP contribution in [0.5, 0.6) is 0 Å². The number of carbonyl (C=O) groups excluding carboxylic acids is 2. The summed E-state index contributed by atoms with van der Waals surface area (Å²) in [5.41, 5.74) is 0.955. The minimum Gasteiger partial charge on any atom is -0.462 e. The summed E-state index contributed by atoms with van der Waals surface area (Å²) in [6.45, 7) is 3.70. The molecule has 0 spiro atoms. The number of carbonyl (C=O) groups is 2. The van der Waals surface area contributed by atoms with Crippen molar-refractivity contribution in [3.8, 4) is 0 Å². The zero-order valence-corrected chi connectivity index (χ0v) is 16.3. The molecule has 1 atom stereocenters. The summed E-state index contributed by atoms with van der Waals surface area (Å²) >= 11 is 1.37. The van der Waals surface area contributed by atoms with Crippen LogP contribution in [0.2, 0.25) is 0 Å². The molecule has 142 valence electrons. The molecule has 0 aliphatic carbocycles. The van der Waals surface area contributed by atoms with Crippen molar-refractivity contribution in [2.45, 2.75) is 28.9 Å². The molecule has 1 heterocycles. The van der Waals surface area contributed by atoms with Gasteiger partial charge in [-0.15, -0.1) is 11.8 Å². The lowest BCUT2D eigenvalue weighted by atomic mass is 10.2. The monoisotopic (exact) mass is 406 g/mol. The average molecular weight is 406 g/mol. The molecule has 2 N–H and O–H groups in total. The summed E-state index contributed by atoms with van der Waals surface area (Å²) in [5, 5.41) is 2.48. The lowest BCUT2D eigenvalue weighted by molar-refractivity contribution is -0.115. The first-order valence-electron chi connectivity index (χ1n) is 8.21. The maximum absolute atomic E-state index is 12.7. The van der Waals surface area contributed by atoms with Crippen LogP contribution < -0.4 is 10.0 Å². The molecule has 0 saturated heterocycles. The van der Waals surface area contributed by atoms with Gasteiger partial charge in [0.1, 0.15) is 0 Å². The van der Waals surface area contributed by atoms with Crippen molar-refractivity contribution in [1.29, 1.82) is 0 Å². The van der Waals surface area contributed by atoms with Gasteiger partial charge in [-0.2, -0.15) is 0 Å². The molecular weight excluding hydrogens is 388 g/mol. The highest BCUT2D eigenvalue weighted by Gasteiger charge is 2.25. The number of benzene rings is 2. The Labute approximate surface area is 161 Å². The Morgan fingerprint density at radius 2 is 2.04 bits per heavy atom. The van der Waals surface area contributed by atoms with E-state index >= 15 is 0 Å². The van der Waals surface area contributed by atoms with E-state index in [1.807, 2.05) is 0 Å². The molecule has 2 aromatic rings. The Morgan fingerprint density at radius 3 is 2.78 bits per heavy atom. The van der Waals surface area contributed by atoms with E-state index in [-0.39, 0.29) is 33.9 Å². The van der Waals surface area contributed by atoms with Gasteiger partial charge in [0.05, 0.1) is 28.0 Å².